The van der Waals surface area contributed by atoms with Crippen LogP contribution in [0.2, 0.25) is 0 Å². The van der Waals surface area contributed by atoms with E-state index in [1.807, 2.05) is 4.72 Å². The van der Waals surface area contributed by atoms with Crippen molar-refractivity contribution < 1.29 is 18.3 Å². The minimum Gasteiger partial charge on any atom is -0.394 e. The highest BCUT2D eigenvalue weighted by molar-refractivity contribution is 7.88. The molecule has 0 heterocycles. The van der Waals surface area contributed by atoms with Crippen molar-refractivity contribution in [2.45, 2.75) is 13.0 Å². The van der Waals surface area contributed by atoms with Gasteiger partial charge in [-0.2, -0.15) is 0 Å². The number of hydrogen-bond donors (Lipinski definition) is 2. The second-order valence-electron chi connectivity index (χ2n) is 2.24. The number of ketones is 1. The molecule has 0 spiro atoms. The Morgan fingerprint density at radius 1 is 1.64 bits per heavy atom. The monoisotopic (exact) mass is 181 g/mol. The quantitative estimate of drug-likeness (QED) is 0.552. The van der Waals surface area contributed by atoms with E-state index in [9.17, 15) is 13.2 Å². The number of hydrogen-bond acceptors (Lipinski definition) is 4. The summed E-state index contributed by atoms with van der Waals surface area (Å²) < 4.78 is 23.0. The van der Waals surface area contributed by atoms with Crippen molar-refractivity contribution >= 4 is 15.8 Å². The first-order valence-electron chi connectivity index (χ1n) is 2.95. The van der Waals surface area contributed by atoms with E-state index < -0.39 is 28.5 Å². The van der Waals surface area contributed by atoms with Crippen molar-refractivity contribution in [2.24, 2.45) is 0 Å². The number of carbonyl (C=O) groups is 1. The Kier molecular flexibility index (Phi) is 3.64. The maximum Gasteiger partial charge on any atom is 0.209 e. The van der Waals surface area contributed by atoms with Crippen molar-refractivity contribution in [3.05, 3.63) is 0 Å². The summed E-state index contributed by atoms with van der Waals surface area (Å²) >= 11 is 0. The van der Waals surface area contributed by atoms with Gasteiger partial charge in [-0.05, 0) is 6.92 Å². The molecule has 0 aromatic rings. The summed E-state index contributed by atoms with van der Waals surface area (Å²) in [6.45, 7) is 0.696. The van der Waals surface area contributed by atoms with E-state index in [1.165, 1.54) is 6.92 Å². The predicted octanol–water partition coefficient (Wildman–Crippen LogP) is -1.51. The highest BCUT2D eigenvalue weighted by Crippen LogP contribution is 1.87. The average Bonchev–Trinajstić information content (AvgIpc) is 1.80. The Morgan fingerprint density at radius 3 is 2.18 bits per heavy atom. The zero-order chi connectivity index (χ0) is 9.07. The van der Waals surface area contributed by atoms with Crippen LogP contribution in [0.1, 0.15) is 6.92 Å². The number of rotatable bonds is 4. The van der Waals surface area contributed by atoms with Gasteiger partial charge in [0.1, 0.15) is 11.8 Å². The van der Waals surface area contributed by atoms with E-state index in [0.29, 0.717) is 0 Å². The lowest BCUT2D eigenvalue weighted by Gasteiger charge is -2.09. The normalized spacial score (nSPS) is 14.5. The zero-order valence-electron chi connectivity index (χ0n) is 6.36. The minimum absolute atomic E-state index is 0.405. The number of carbonyl (C=O) groups excluding carboxylic acids is 1. The molecule has 1 atom stereocenters. The van der Waals surface area contributed by atoms with Crippen LogP contribution in [0.3, 0.4) is 0 Å². The molecule has 0 unspecified atom stereocenters. The second kappa shape index (κ2) is 3.80. The summed E-state index contributed by atoms with van der Waals surface area (Å²) in [6, 6.07) is -1.01. The van der Waals surface area contributed by atoms with Crippen LogP contribution >= 0.6 is 0 Å². The fourth-order valence-electron chi connectivity index (χ4n) is 0.507. The van der Waals surface area contributed by atoms with Crippen molar-refractivity contribution in [3.63, 3.8) is 0 Å². The summed E-state index contributed by atoms with van der Waals surface area (Å²) in [6.07, 6.45) is 0.929. The third kappa shape index (κ3) is 4.88. The molecular formula is C5H11NO4S. The molecule has 0 aromatic heterocycles. The standard InChI is InChI=1S/C5H11NO4S/c1-4(8)5(3-7)6-11(2,9)10/h5-7H,3H2,1-2H3/t5-/m1/s1. The highest BCUT2D eigenvalue weighted by Gasteiger charge is 2.16. The van der Waals surface area contributed by atoms with Gasteiger partial charge in [0.2, 0.25) is 10.0 Å². The molecule has 0 aliphatic heterocycles. The molecule has 66 valence electrons. The topological polar surface area (TPSA) is 83.5 Å². The van der Waals surface area contributed by atoms with E-state index in [0.717, 1.165) is 6.26 Å². The lowest BCUT2D eigenvalue weighted by atomic mass is 10.2. The largest absolute Gasteiger partial charge is 0.394 e. The molecule has 5 nitrogen and oxygen atoms in total. The zero-order valence-corrected chi connectivity index (χ0v) is 7.18. The molecule has 0 bridgehead atoms. The number of aliphatic hydroxyl groups excluding tert-OH is 1. The molecular weight excluding hydrogens is 170 g/mol. The van der Waals surface area contributed by atoms with Crippen LogP contribution in [0.25, 0.3) is 0 Å². The molecule has 0 aromatic carbocycles. The lowest BCUT2D eigenvalue weighted by Crippen LogP contribution is -2.41. The van der Waals surface area contributed by atoms with E-state index in [4.69, 9.17) is 5.11 Å². The molecule has 0 rings (SSSR count). The summed E-state index contributed by atoms with van der Waals surface area (Å²) in [5.74, 6) is -0.405. The molecule has 2 N–H and O–H groups in total. The third-order valence-electron chi connectivity index (χ3n) is 1.03. The van der Waals surface area contributed by atoms with Gasteiger partial charge in [0.25, 0.3) is 0 Å². The number of Topliss-reactive ketones (excluding diaryl/α,β-unsaturated/α-hetero) is 1. The molecule has 6 heteroatoms. The molecule has 0 amide bonds. The Hall–Kier alpha value is -0.460. The van der Waals surface area contributed by atoms with E-state index in [2.05, 4.69) is 0 Å². The maximum atomic E-state index is 10.6. The van der Waals surface area contributed by atoms with Gasteiger partial charge >= 0.3 is 0 Å². The van der Waals surface area contributed by atoms with Gasteiger partial charge in [0.15, 0.2) is 0 Å². The van der Waals surface area contributed by atoms with E-state index >= 15 is 0 Å². The van der Waals surface area contributed by atoms with Gasteiger partial charge < -0.3 is 5.11 Å². The van der Waals surface area contributed by atoms with Gasteiger partial charge in [-0.25, -0.2) is 13.1 Å². The molecule has 0 aliphatic carbocycles. The van der Waals surface area contributed by atoms with Crippen molar-refractivity contribution in [3.8, 4) is 0 Å². The molecule has 0 aliphatic rings. The summed E-state index contributed by atoms with van der Waals surface area (Å²) in [5, 5.41) is 8.51. The van der Waals surface area contributed by atoms with Crippen LogP contribution in [-0.4, -0.2) is 38.2 Å². The second-order valence-corrected chi connectivity index (χ2v) is 4.02. The summed E-state index contributed by atoms with van der Waals surface area (Å²) in [4.78, 5) is 10.6. The average molecular weight is 181 g/mol. The Balaban J connectivity index is 4.22. The Bertz CT molecular complexity index is 233. The smallest absolute Gasteiger partial charge is 0.209 e. The van der Waals surface area contributed by atoms with Crippen molar-refractivity contribution in [2.75, 3.05) is 12.9 Å². The van der Waals surface area contributed by atoms with Crippen LogP contribution in [0, 0.1) is 0 Å². The van der Waals surface area contributed by atoms with Crippen LogP contribution < -0.4 is 4.72 Å². The van der Waals surface area contributed by atoms with Crippen LogP contribution in [0.4, 0.5) is 0 Å². The van der Waals surface area contributed by atoms with Crippen molar-refractivity contribution in [1.29, 1.82) is 0 Å². The van der Waals surface area contributed by atoms with Crippen LogP contribution in [0.5, 0.6) is 0 Å². The minimum atomic E-state index is -3.41. The fourth-order valence-corrected chi connectivity index (χ4v) is 1.26. The summed E-state index contributed by atoms with van der Waals surface area (Å²) in [5.41, 5.74) is 0. The molecule has 11 heavy (non-hydrogen) atoms. The van der Waals surface area contributed by atoms with E-state index in [1.54, 1.807) is 0 Å². The van der Waals surface area contributed by atoms with Gasteiger partial charge in [0, 0.05) is 0 Å². The SMILES string of the molecule is CC(=O)[C@@H](CO)NS(C)(=O)=O. The Labute approximate surface area is 65.5 Å². The first-order chi connectivity index (χ1) is 4.87. The number of aliphatic hydroxyl groups is 1. The Morgan fingerprint density at radius 2 is 2.09 bits per heavy atom. The van der Waals surface area contributed by atoms with Gasteiger partial charge in [-0.3, -0.25) is 4.79 Å². The molecule has 0 radical (unpaired) electrons. The summed E-state index contributed by atoms with van der Waals surface area (Å²) in [7, 11) is -3.41. The predicted molar refractivity (Wildman–Crippen MR) is 39.5 cm³/mol. The van der Waals surface area contributed by atoms with Gasteiger partial charge in [-0.1, -0.05) is 0 Å². The maximum absolute atomic E-state index is 10.6. The molecule has 0 saturated carbocycles. The van der Waals surface area contributed by atoms with Gasteiger partial charge in [-0.15, -0.1) is 0 Å². The highest BCUT2D eigenvalue weighted by atomic mass is 32.2. The van der Waals surface area contributed by atoms with E-state index in [-0.39, 0.29) is 0 Å². The van der Waals surface area contributed by atoms with Crippen LogP contribution in [0.15, 0.2) is 0 Å². The van der Waals surface area contributed by atoms with Gasteiger partial charge in [0.05, 0.1) is 12.9 Å². The van der Waals surface area contributed by atoms with Crippen molar-refractivity contribution in [1.82, 2.24) is 4.72 Å². The first kappa shape index (κ1) is 10.5. The lowest BCUT2D eigenvalue weighted by molar-refractivity contribution is -0.119. The molecule has 0 fully saturated rings. The fraction of sp³-hybridized carbons (Fsp3) is 0.800. The molecule has 0 saturated heterocycles. The number of sulfonamides is 1. The number of nitrogens with one attached hydrogen (secondary N) is 1. The third-order valence-corrected chi connectivity index (χ3v) is 1.74. The first-order valence-corrected chi connectivity index (χ1v) is 4.84. The van der Waals surface area contributed by atoms with Crippen LogP contribution in [-0.2, 0) is 14.8 Å².